The van der Waals surface area contributed by atoms with Gasteiger partial charge in [0.1, 0.15) is 0 Å². The maximum atomic E-state index is 6.08. The fraction of sp³-hybridized carbons (Fsp3) is 0.571. The van der Waals surface area contributed by atoms with E-state index in [0.29, 0.717) is 6.04 Å². The average molecular weight is 216 g/mol. The predicted molar refractivity (Wildman–Crippen MR) is 66.0 cm³/mol. The average Bonchev–Trinajstić information content (AvgIpc) is 2.54. The van der Waals surface area contributed by atoms with Gasteiger partial charge in [0.05, 0.1) is 0 Å². The first kappa shape index (κ1) is 10.3. The summed E-state index contributed by atoms with van der Waals surface area (Å²) < 4.78 is 0. The Bertz CT molecular complexity index is 335. The van der Waals surface area contributed by atoms with E-state index in [9.17, 15) is 0 Å². The first-order valence-electron chi connectivity index (χ1n) is 6.38. The molecule has 0 saturated carbocycles. The van der Waals surface area contributed by atoms with E-state index < -0.39 is 0 Å². The summed E-state index contributed by atoms with van der Waals surface area (Å²) in [6, 6.07) is 12.7. The molecule has 0 aliphatic carbocycles. The van der Waals surface area contributed by atoms with Crippen molar-refractivity contribution in [2.45, 2.75) is 50.4 Å². The van der Waals surface area contributed by atoms with Crippen LogP contribution in [0, 0.1) is 0 Å². The highest BCUT2D eigenvalue weighted by Crippen LogP contribution is 2.35. The summed E-state index contributed by atoms with van der Waals surface area (Å²) in [6.07, 6.45) is 5.10. The van der Waals surface area contributed by atoms with Crippen LogP contribution in [-0.4, -0.2) is 23.0 Å². The zero-order valence-electron chi connectivity index (χ0n) is 9.68. The van der Waals surface area contributed by atoms with Crippen LogP contribution < -0.4 is 5.73 Å². The molecule has 3 rings (SSSR count). The second kappa shape index (κ2) is 4.19. The Hall–Kier alpha value is -0.860. The number of fused-ring (bicyclic) bond motifs is 2. The Morgan fingerprint density at radius 1 is 1.06 bits per heavy atom. The fourth-order valence-electron chi connectivity index (χ4n) is 3.37. The van der Waals surface area contributed by atoms with Gasteiger partial charge in [-0.3, -0.25) is 4.90 Å². The van der Waals surface area contributed by atoms with E-state index in [1.807, 2.05) is 0 Å². The number of hydrogen-bond acceptors (Lipinski definition) is 2. The van der Waals surface area contributed by atoms with Crippen LogP contribution in [-0.2, 0) is 6.54 Å². The van der Waals surface area contributed by atoms with E-state index in [-0.39, 0.29) is 0 Å². The summed E-state index contributed by atoms with van der Waals surface area (Å²) >= 11 is 0. The molecule has 1 unspecified atom stereocenters. The van der Waals surface area contributed by atoms with Gasteiger partial charge in [-0.1, -0.05) is 30.3 Å². The Morgan fingerprint density at radius 2 is 1.69 bits per heavy atom. The molecule has 2 bridgehead atoms. The van der Waals surface area contributed by atoms with Crippen molar-refractivity contribution < 1.29 is 0 Å². The van der Waals surface area contributed by atoms with E-state index in [1.165, 1.54) is 31.2 Å². The summed E-state index contributed by atoms with van der Waals surface area (Å²) in [6.45, 7) is 1.11. The van der Waals surface area contributed by atoms with Crippen molar-refractivity contribution in [3.8, 4) is 0 Å². The summed E-state index contributed by atoms with van der Waals surface area (Å²) in [5.74, 6) is 0. The Labute approximate surface area is 97.4 Å². The lowest BCUT2D eigenvalue weighted by molar-refractivity contribution is 0.120. The molecule has 86 valence electrons. The molecule has 1 aromatic carbocycles. The monoisotopic (exact) mass is 216 g/mol. The van der Waals surface area contributed by atoms with Gasteiger partial charge in [0.25, 0.3) is 0 Å². The number of nitrogens with zero attached hydrogens (tertiary/aromatic N) is 1. The maximum absolute atomic E-state index is 6.08. The molecule has 2 nitrogen and oxygen atoms in total. The lowest BCUT2D eigenvalue weighted by atomic mass is 9.97. The molecule has 2 N–H and O–H groups in total. The van der Waals surface area contributed by atoms with E-state index >= 15 is 0 Å². The standard InChI is InChI=1S/C14H20N2/c15-12-8-13-6-7-14(9-12)16(13)10-11-4-2-1-3-5-11/h1-5,12-14H,6-10,15H2/t12?,13-,14+. The topological polar surface area (TPSA) is 29.3 Å². The maximum Gasteiger partial charge on any atom is 0.0239 e. The first-order valence-corrected chi connectivity index (χ1v) is 6.38. The number of benzene rings is 1. The lowest BCUT2D eigenvalue weighted by Gasteiger charge is -2.37. The van der Waals surface area contributed by atoms with Crippen LogP contribution in [0.1, 0.15) is 31.2 Å². The normalized spacial score (nSPS) is 34.2. The summed E-state index contributed by atoms with van der Waals surface area (Å²) in [5.41, 5.74) is 7.52. The molecule has 0 amide bonds. The molecule has 2 heterocycles. The second-order valence-corrected chi connectivity index (χ2v) is 5.27. The molecule has 16 heavy (non-hydrogen) atoms. The van der Waals surface area contributed by atoms with Crippen molar-refractivity contribution in [2.24, 2.45) is 5.73 Å². The molecular formula is C14H20N2. The van der Waals surface area contributed by atoms with Gasteiger partial charge in [-0.2, -0.15) is 0 Å². The summed E-state index contributed by atoms with van der Waals surface area (Å²) in [5, 5.41) is 0. The Morgan fingerprint density at radius 3 is 2.31 bits per heavy atom. The second-order valence-electron chi connectivity index (χ2n) is 5.27. The zero-order valence-corrected chi connectivity index (χ0v) is 9.68. The molecule has 2 fully saturated rings. The number of nitrogens with two attached hydrogens (primary N) is 1. The molecule has 2 aliphatic heterocycles. The van der Waals surface area contributed by atoms with Crippen LogP contribution in [0.2, 0.25) is 0 Å². The van der Waals surface area contributed by atoms with Crippen LogP contribution in [0.15, 0.2) is 30.3 Å². The van der Waals surface area contributed by atoms with Crippen molar-refractivity contribution in [1.82, 2.24) is 4.90 Å². The first-order chi connectivity index (χ1) is 7.83. The molecule has 0 radical (unpaired) electrons. The van der Waals surface area contributed by atoms with Crippen LogP contribution in [0.25, 0.3) is 0 Å². The molecule has 2 saturated heterocycles. The zero-order chi connectivity index (χ0) is 11.0. The van der Waals surface area contributed by atoms with Crippen molar-refractivity contribution in [2.75, 3.05) is 0 Å². The lowest BCUT2D eigenvalue weighted by Crippen LogP contribution is -2.46. The minimum Gasteiger partial charge on any atom is -0.328 e. The van der Waals surface area contributed by atoms with Gasteiger partial charge in [-0.05, 0) is 31.2 Å². The summed E-state index contributed by atoms with van der Waals surface area (Å²) in [4.78, 5) is 2.68. The molecule has 2 heteroatoms. The largest absolute Gasteiger partial charge is 0.328 e. The molecule has 3 atom stereocenters. The van der Waals surface area contributed by atoms with Crippen molar-refractivity contribution in [1.29, 1.82) is 0 Å². The third-order valence-electron chi connectivity index (χ3n) is 4.13. The van der Waals surface area contributed by atoms with Crippen LogP contribution >= 0.6 is 0 Å². The van der Waals surface area contributed by atoms with Crippen LogP contribution in [0.3, 0.4) is 0 Å². The Kier molecular flexibility index (Phi) is 2.70. The van der Waals surface area contributed by atoms with Gasteiger partial charge in [0, 0.05) is 24.7 Å². The van der Waals surface area contributed by atoms with Gasteiger partial charge < -0.3 is 5.73 Å². The molecule has 2 aliphatic rings. The van der Waals surface area contributed by atoms with E-state index in [0.717, 1.165) is 18.6 Å². The number of hydrogen-bond donors (Lipinski definition) is 1. The van der Waals surface area contributed by atoms with Crippen molar-refractivity contribution in [3.63, 3.8) is 0 Å². The van der Waals surface area contributed by atoms with E-state index in [4.69, 9.17) is 5.73 Å². The van der Waals surface area contributed by atoms with Gasteiger partial charge in [-0.15, -0.1) is 0 Å². The van der Waals surface area contributed by atoms with Gasteiger partial charge in [-0.25, -0.2) is 0 Å². The molecule has 0 aromatic heterocycles. The highest BCUT2D eigenvalue weighted by Gasteiger charge is 2.39. The third-order valence-corrected chi connectivity index (χ3v) is 4.13. The van der Waals surface area contributed by atoms with Crippen molar-refractivity contribution >= 4 is 0 Å². The van der Waals surface area contributed by atoms with Crippen LogP contribution in [0.4, 0.5) is 0 Å². The predicted octanol–water partition coefficient (Wildman–Crippen LogP) is 2.14. The number of rotatable bonds is 2. The molecular weight excluding hydrogens is 196 g/mol. The number of piperidine rings is 1. The molecule has 1 aromatic rings. The minimum absolute atomic E-state index is 0.449. The fourth-order valence-corrected chi connectivity index (χ4v) is 3.37. The van der Waals surface area contributed by atoms with E-state index in [1.54, 1.807) is 0 Å². The highest BCUT2D eigenvalue weighted by atomic mass is 15.2. The third kappa shape index (κ3) is 1.87. The SMILES string of the molecule is NC1C[C@H]2CC[C@@H](C1)N2Cc1ccccc1. The van der Waals surface area contributed by atoms with Gasteiger partial charge >= 0.3 is 0 Å². The quantitative estimate of drug-likeness (QED) is 0.820. The Balaban J connectivity index is 1.72. The summed E-state index contributed by atoms with van der Waals surface area (Å²) in [7, 11) is 0. The van der Waals surface area contributed by atoms with E-state index in [2.05, 4.69) is 35.2 Å². The smallest absolute Gasteiger partial charge is 0.0239 e. The molecule has 0 spiro atoms. The van der Waals surface area contributed by atoms with Crippen molar-refractivity contribution in [3.05, 3.63) is 35.9 Å². The highest BCUT2D eigenvalue weighted by molar-refractivity contribution is 5.15. The van der Waals surface area contributed by atoms with Gasteiger partial charge in [0.15, 0.2) is 0 Å². The van der Waals surface area contributed by atoms with Crippen LogP contribution in [0.5, 0.6) is 0 Å². The minimum atomic E-state index is 0.449. The van der Waals surface area contributed by atoms with Gasteiger partial charge in [0.2, 0.25) is 0 Å².